The minimum atomic E-state index is 0. The van der Waals surface area contributed by atoms with Crippen LogP contribution in [-0.2, 0) is 4.74 Å². The van der Waals surface area contributed by atoms with Gasteiger partial charge in [0.1, 0.15) is 0 Å². The smallest absolute Gasteiger partial charge is 0.0623 e. The zero-order chi connectivity index (χ0) is 4.69. The van der Waals surface area contributed by atoms with Crippen LogP contribution in [0.1, 0.15) is 0 Å². The highest BCUT2D eigenvalue weighted by Gasteiger charge is 2.34. The molecule has 0 spiro atoms. The first-order chi connectivity index (χ1) is 3.47. The number of ether oxygens (including phenoxy) is 1. The second-order valence-electron chi connectivity index (χ2n) is 2.31. The molecule has 0 aliphatic carbocycles. The summed E-state index contributed by atoms with van der Waals surface area (Å²) in [6, 6.07) is 0.722. The molecule has 2 aliphatic heterocycles. The fraction of sp³-hybridized carbons (Fsp3) is 1.00. The predicted octanol–water partition coefficient (Wildman–Crippen LogP) is 0.0264. The van der Waals surface area contributed by atoms with Crippen molar-refractivity contribution in [2.45, 2.75) is 6.04 Å². The van der Waals surface area contributed by atoms with Crippen LogP contribution in [0.5, 0.6) is 0 Å². The summed E-state index contributed by atoms with van der Waals surface area (Å²) >= 11 is 0. The van der Waals surface area contributed by atoms with Crippen molar-refractivity contribution in [3.05, 3.63) is 0 Å². The Kier molecular flexibility index (Phi) is 1.75. The largest absolute Gasteiger partial charge is 0.379 e. The van der Waals surface area contributed by atoms with Gasteiger partial charge in [-0.3, -0.25) is 0 Å². The molecule has 2 saturated heterocycles. The molecule has 0 saturated carbocycles. The van der Waals surface area contributed by atoms with Gasteiger partial charge in [-0.15, -0.1) is 12.4 Å². The molecule has 3 heteroatoms. The van der Waals surface area contributed by atoms with Gasteiger partial charge in [-0.25, -0.2) is 0 Å². The monoisotopic (exact) mass is 135 g/mol. The lowest BCUT2D eigenvalue weighted by molar-refractivity contribution is 0.191. The summed E-state index contributed by atoms with van der Waals surface area (Å²) in [5, 5.41) is 3.28. The molecule has 2 nitrogen and oxygen atoms in total. The highest BCUT2D eigenvalue weighted by molar-refractivity contribution is 5.85. The molecule has 2 fully saturated rings. The fourth-order valence-electron chi connectivity index (χ4n) is 1.17. The Morgan fingerprint density at radius 3 is 2.50 bits per heavy atom. The number of hydrogen-bond donors (Lipinski definition) is 1. The Bertz CT molecular complexity index is 78.5. The van der Waals surface area contributed by atoms with Crippen LogP contribution in [0.15, 0.2) is 0 Å². The molecule has 0 aromatic carbocycles. The van der Waals surface area contributed by atoms with Gasteiger partial charge >= 0.3 is 0 Å². The molecule has 1 N–H and O–H groups in total. The molecule has 0 radical (unpaired) electrons. The van der Waals surface area contributed by atoms with Crippen LogP contribution >= 0.6 is 12.4 Å². The van der Waals surface area contributed by atoms with Crippen LogP contribution < -0.4 is 5.32 Å². The molecule has 0 unspecified atom stereocenters. The van der Waals surface area contributed by atoms with Crippen LogP contribution in [-0.4, -0.2) is 25.8 Å². The summed E-state index contributed by atoms with van der Waals surface area (Å²) in [4.78, 5) is 0. The van der Waals surface area contributed by atoms with Crippen LogP contribution in [0.4, 0.5) is 0 Å². The van der Waals surface area contributed by atoms with Crippen molar-refractivity contribution in [2.75, 3.05) is 19.8 Å². The van der Waals surface area contributed by atoms with Gasteiger partial charge in [0.05, 0.1) is 13.2 Å². The fourth-order valence-corrected chi connectivity index (χ4v) is 1.17. The van der Waals surface area contributed by atoms with Gasteiger partial charge in [0, 0.05) is 18.5 Å². The van der Waals surface area contributed by atoms with E-state index in [0.29, 0.717) is 0 Å². The highest BCUT2D eigenvalue weighted by Crippen LogP contribution is 2.19. The lowest BCUT2D eigenvalue weighted by Crippen LogP contribution is -2.51. The van der Waals surface area contributed by atoms with Crippen molar-refractivity contribution in [2.24, 2.45) is 5.92 Å². The van der Waals surface area contributed by atoms with Gasteiger partial charge in [0.2, 0.25) is 0 Å². The molecule has 2 atom stereocenters. The molecular weight excluding hydrogens is 126 g/mol. The van der Waals surface area contributed by atoms with E-state index in [4.69, 9.17) is 4.74 Å². The van der Waals surface area contributed by atoms with Crippen molar-refractivity contribution in [3.8, 4) is 0 Å². The number of halogens is 1. The maximum Gasteiger partial charge on any atom is 0.0623 e. The molecule has 0 aromatic heterocycles. The van der Waals surface area contributed by atoms with Crippen LogP contribution in [0.3, 0.4) is 0 Å². The maximum absolute atomic E-state index is 5.17. The van der Waals surface area contributed by atoms with Crippen molar-refractivity contribution >= 4 is 12.4 Å². The van der Waals surface area contributed by atoms with Gasteiger partial charge in [-0.05, 0) is 0 Å². The molecule has 8 heavy (non-hydrogen) atoms. The first-order valence-corrected chi connectivity index (χ1v) is 2.78. The van der Waals surface area contributed by atoms with Gasteiger partial charge in [0.25, 0.3) is 0 Å². The Balaban J connectivity index is 0.000000320. The minimum Gasteiger partial charge on any atom is -0.379 e. The van der Waals surface area contributed by atoms with Gasteiger partial charge in [0.15, 0.2) is 0 Å². The van der Waals surface area contributed by atoms with E-state index in [9.17, 15) is 0 Å². The lowest BCUT2D eigenvalue weighted by Gasteiger charge is -2.29. The van der Waals surface area contributed by atoms with E-state index < -0.39 is 0 Å². The molecule has 0 amide bonds. The topological polar surface area (TPSA) is 21.3 Å². The van der Waals surface area contributed by atoms with E-state index in [-0.39, 0.29) is 12.4 Å². The summed E-state index contributed by atoms with van der Waals surface area (Å²) in [7, 11) is 0. The van der Waals surface area contributed by atoms with Crippen LogP contribution in [0.25, 0.3) is 0 Å². The van der Waals surface area contributed by atoms with E-state index in [1.54, 1.807) is 0 Å². The van der Waals surface area contributed by atoms with Crippen LogP contribution in [0.2, 0.25) is 0 Å². The number of rotatable bonds is 0. The predicted molar refractivity (Wildman–Crippen MR) is 33.3 cm³/mol. The maximum atomic E-state index is 5.17. The summed E-state index contributed by atoms with van der Waals surface area (Å²) < 4.78 is 5.17. The van der Waals surface area contributed by atoms with Crippen LogP contribution in [0, 0.1) is 5.92 Å². The van der Waals surface area contributed by atoms with Crippen molar-refractivity contribution in [1.29, 1.82) is 0 Å². The third-order valence-electron chi connectivity index (χ3n) is 1.84. The first-order valence-electron chi connectivity index (χ1n) is 2.78. The number of nitrogens with one attached hydrogen (secondary N) is 1. The normalized spacial score (nSPS) is 42.0. The van der Waals surface area contributed by atoms with E-state index in [1.807, 2.05) is 0 Å². The van der Waals surface area contributed by atoms with Crippen molar-refractivity contribution in [1.82, 2.24) is 5.32 Å². The average molecular weight is 136 g/mol. The van der Waals surface area contributed by atoms with Gasteiger partial charge < -0.3 is 10.1 Å². The molecule has 48 valence electrons. The standard InChI is InChI=1S/C5H9NO.ClH/c1-4-2-7-3-5(4)6-1;/h4-6H,1-3H2;1H/t4-,5+;/m1./s1. The SMILES string of the molecule is C1N[C@H]2COC[C@@H]12.Cl. The average Bonchev–Trinajstić information content (AvgIpc) is 1.85. The lowest BCUT2D eigenvalue weighted by atomic mass is 9.96. The Morgan fingerprint density at radius 2 is 2.25 bits per heavy atom. The third kappa shape index (κ3) is 0.729. The number of fused-ring (bicyclic) bond motifs is 1. The summed E-state index contributed by atoms with van der Waals surface area (Å²) in [6.07, 6.45) is 0. The van der Waals surface area contributed by atoms with E-state index >= 15 is 0 Å². The minimum absolute atomic E-state index is 0. The quantitative estimate of drug-likeness (QED) is 0.506. The van der Waals surface area contributed by atoms with E-state index in [2.05, 4.69) is 5.32 Å². The zero-order valence-electron chi connectivity index (χ0n) is 4.59. The Hall–Kier alpha value is 0.210. The van der Waals surface area contributed by atoms with Gasteiger partial charge in [-0.2, -0.15) is 0 Å². The second kappa shape index (κ2) is 2.21. The Labute approximate surface area is 55.0 Å². The van der Waals surface area contributed by atoms with Crippen molar-refractivity contribution < 1.29 is 4.74 Å². The Morgan fingerprint density at radius 1 is 1.38 bits per heavy atom. The molecule has 0 aromatic rings. The van der Waals surface area contributed by atoms with Gasteiger partial charge in [-0.1, -0.05) is 0 Å². The molecule has 0 bridgehead atoms. The second-order valence-corrected chi connectivity index (χ2v) is 2.31. The highest BCUT2D eigenvalue weighted by atomic mass is 35.5. The molecule has 2 rings (SSSR count). The zero-order valence-corrected chi connectivity index (χ0v) is 5.41. The summed E-state index contributed by atoms with van der Waals surface area (Å²) in [5.74, 6) is 0.861. The number of hydrogen-bond acceptors (Lipinski definition) is 2. The molecule has 2 heterocycles. The third-order valence-corrected chi connectivity index (χ3v) is 1.84. The van der Waals surface area contributed by atoms with E-state index in [1.165, 1.54) is 6.54 Å². The summed E-state index contributed by atoms with van der Waals surface area (Å²) in [5.41, 5.74) is 0. The summed E-state index contributed by atoms with van der Waals surface area (Å²) in [6.45, 7) is 3.13. The van der Waals surface area contributed by atoms with E-state index in [0.717, 1.165) is 25.2 Å². The molecule has 2 aliphatic rings. The van der Waals surface area contributed by atoms with Crippen molar-refractivity contribution in [3.63, 3.8) is 0 Å². The molecular formula is C5H10ClNO. The first kappa shape index (κ1) is 6.33.